The predicted octanol–water partition coefficient (Wildman–Crippen LogP) is 3.47. The van der Waals surface area contributed by atoms with Gasteiger partial charge in [0, 0.05) is 38.3 Å². The van der Waals surface area contributed by atoms with E-state index in [9.17, 15) is 0 Å². The molecule has 122 valence electrons. The summed E-state index contributed by atoms with van der Waals surface area (Å²) in [5.41, 5.74) is 3.31. The van der Waals surface area contributed by atoms with Crippen LogP contribution in [0.3, 0.4) is 0 Å². The van der Waals surface area contributed by atoms with Gasteiger partial charge in [-0.15, -0.1) is 0 Å². The van der Waals surface area contributed by atoms with Crippen molar-refractivity contribution < 1.29 is 0 Å². The second kappa shape index (κ2) is 7.92. The van der Waals surface area contributed by atoms with Crippen molar-refractivity contribution in [3.05, 3.63) is 83.9 Å². The van der Waals surface area contributed by atoms with Gasteiger partial charge < -0.3 is 0 Å². The molecule has 0 amide bonds. The number of hydrogen-bond donors (Lipinski definition) is 0. The molecule has 0 unspecified atom stereocenters. The second-order valence-electron chi connectivity index (χ2n) is 6.25. The summed E-state index contributed by atoms with van der Waals surface area (Å²) in [7, 11) is 0. The van der Waals surface area contributed by atoms with Gasteiger partial charge in [0.05, 0.1) is 12.1 Å². The first-order chi connectivity index (χ1) is 11.8. The highest BCUT2D eigenvalue weighted by Gasteiger charge is 2.26. The van der Waals surface area contributed by atoms with Crippen LogP contribution in [0.1, 0.15) is 17.2 Å². The van der Waals surface area contributed by atoms with Gasteiger partial charge in [-0.3, -0.25) is 9.80 Å². The lowest BCUT2D eigenvalue weighted by molar-refractivity contribution is 0.116. The van der Waals surface area contributed by atoms with E-state index in [1.165, 1.54) is 11.1 Å². The highest BCUT2D eigenvalue weighted by molar-refractivity contribution is 5.32. The van der Waals surface area contributed by atoms with Crippen LogP contribution >= 0.6 is 0 Å². The smallest absolute Gasteiger partial charge is 0.0954 e. The van der Waals surface area contributed by atoms with Gasteiger partial charge in [0.2, 0.25) is 0 Å². The first-order valence-corrected chi connectivity index (χ1v) is 8.42. The zero-order valence-corrected chi connectivity index (χ0v) is 13.9. The minimum Gasteiger partial charge on any atom is -0.296 e. The van der Waals surface area contributed by atoms with Gasteiger partial charge in [-0.25, -0.2) is 0 Å². The third kappa shape index (κ3) is 3.91. The largest absolute Gasteiger partial charge is 0.296 e. The Hall–Kier alpha value is -2.41. The van der Waals surface area contributed by atoms with E-state index in [-0.39, 0.29) is 6.04 Å². The number of benzene rings is 2. The van der Waals surface area contributed by atoms with Crippen LogP contribution in [-0.4, -0.2) is 42.5 Å². The molecular formula is C21H23N3. The number of rotatable bonds is 5. The molecule has 1 saturated heterocycles. The van der Waals surface area contributed by atoms with Crippen molar-refractivity contribution in [1.29, 1.82) is 5.26 Å². The number of nitriles is 1. The van der Waals surface area contributed by atoms with Crippen molar-refractivity contribution in [3.63, 3.8) is 0 Å². The maximum atomic E-state index is 8.92. The topological polar surface area (TPSA) is 30.3 Å². The Bertz CT molecular complexity index is 655. The van der Waals surface area contributed by atoms with Gasteiger partial charge in [0.25, 0.3) is 0 Å². The highest BCUT2D eigenvalue weighted by Crippen LogP contribution is 2.29. The Balaban J connectivity index is 1.76. The molecular weight excluding hydrogens is 294 g/mol. The predicted molar refractivity (Wildman–Crippen MR) is 97.5 cm³/mol. The molecule has 3 nitrogen and oxygen atoms in total. The molecule has 0 spiro atoms. The van der Waals surface area contributed by atoms with E-state index < -0.39 is 0 Å². The van der Waals surface area contributed by atoms with Gasteiger partial charge in [-0.1, -0.05) is 67.2 Å². The lowest BCUT2D eigenvalue weighted by Crippen LogP contribution is -2.48. The van der Waals surface area contributed by atoms with Crippen molar-refractivity contribution in [1.82, 2.24) is 9.80 Å². The van der Waals surface area contributed by atoms with Gasteiger partial charge in [-0.2, -0.15) is 5.26 Å². The molecule has 3 rings (SSSR count). The Labute approximate surface area is 144 Å². The fourth-order valence-electron chi connectivity index (χ4n) is 3.37. The van der Waals surface area contributed by atoms with Crippen molar-refractivity contribution in [3.8, 4) is 6.07 Å². The Morgan fingerprint density at radius 1 is 0.917 bits per heavy atom. The van der Waals surface area contributed by atoms with Crippen molar-refractivity contribution in [2.45, 2.75) is 6.04 Å². The molecule has 2 aromatic rings. The third-order valence-corrected chi connectivity index (χ3v) is 4.58. The van der Waals surface area contributed by atoms with E-state index in [2.05, 4.69) is 83.1 Å². The van der Waals surface area contributed by atoms with Crippen LogP contribution in [-0.2, 0) is 0 Å². The summed E-state index contributed by atoms with van der Waals surface area (Å²) in [5, 5.41) is 8.92. The molecule has 0 aromatic heterocycles. The molecule has 0 bridgehead atoms. The molecule has 0 aliphatic carbocycles. The van der Waals surface area contributed by atoms with Crippen LogP contribution in [0.15, 0.2) is 72.8 Å². The first kappa shape index (κ1) is 16.4. The van der Waals surface area contributed by atoms with Crippen molar-refractivity contribution in [2.24, 2.45) is 0 Å². The van der Waals surface area contributed by atoms with E-state index in [1.807, 2.05) is 0 Å². The molecule has 1 aliphatic rings. The maximum Gasteiger partial charge on any atom is 0.0954 e. The minimum atomic E-state index is 0.286. The van der Waals surface area contributed by atoms with E-state index in [0.29, 0.717) is 12.1 Å². The van der Waals surface area contributed by atoms with Crippen LogP contribution in [0.2, 0.25) is 0 Å². The molecule has 2 aromatic carbocycles. The lowest BCUT2D eigenvalue weighted by atomic mass is 9.96. The van der Waals surface area contributed by atoms with Crippen molar-refractivity contribution >= 4 is 0 Å². The first-order valence-electron chi connectivity index (χ1n) is 8.42. The van der Waals surface area contributed by atoms with Gasteiger partial charge >= 0.3 is 0 Å². The Morgan fingerprint density at radius 3 is 1.88 bits per heavy atom. The summed E-state index contributed by atoms with van der Waals surface area (Å²) in [6.07, 6.45) is 0. The normalized spacial score (nSPS) is 16.0. The maximum absolute atomic E-state index is 8.92. The molecule has 0 radical (unpaired) electrons. The molecule has 1 heterocycles. The Kier molecular flexibility index (Phi) is 5.43. The number of hydrogen-bond acceptors (Lipinski definition) is 3. The average molecular weight is 317 g/mol. The zero-order chi connectivity index (χ0) is 16.8. The highest BCUT2D eigenvalue weighted by atomic mass is 15.3. The molecule has 1 fully saturated rings. The third-order valence-electron chi connectivity index (χ3n) is 4.58. The molecule has 24 heavy (non-hydrogen) atoms. The molecule has 3 heteroatoms. The fourth-order valence-corrected chi connectivity index (χ4v) is 3.37. The summed E-state index contributed by atoms with van der Waals surface area (Å²) in [6, 6.07) is 23.8. The number of piperazine rings is 1. The summed E-state index contributed by atoms with van der Waals surface area (Å²) in [4.78, 5) is 4.85. The molecule has 0 atom stereocenters. The van der Waals surface area contributed by atoms with Crippen molar-refractivity contribution in [2.75, 3.05) is 32.7 Å². The van der Waals surface area contributed by atoms with E-state index >= 15 is 0 Å². The summed E-state index contributed by atoms with van der Waals surface area (Å²) < 4.78 is 0. The summed E-state index contributed by atoms with van der Waals surface area (Å²) in [5.74, 6) is 0. The molecule has 0 N–H and O–H groups in total. The van der Waals surface area contributed by atoms with Gasteiger partial charge in [-0.05, 0) is 11.1 Å². The van der Waals surface area contributed by atoms with Gasteiger partial charge in [0.15, 0.2) is 0 Å². The molecule has 0 saturated carbocycles. The molecule has 1 aliphatic heterocycles. The fraction of sp³-hybridized carbons (Fsp3) is 0.286. The van der Waals surface area contributed by atoms with Crippen LogP contribution in [0.5, 0.6) is 0 Å². The summed E-state index contributed by atoms with van der Waals surface area (Å²) >= 11 is 0. The quantitative estimate of drug-likeness (QED) is 0.791. The monoisotopic (exact) mass is 317 g/mol. The standard InChI is InChI=1S/C21H23N3/c1-18(16-22)17-23-12-14-24(15-13-23)21(19-8-4-2-5-9-19)20-10-6-3-7-11-20/h2-11,21H,1,12-15,17H2. The van der Waals surface area contributed by atoms with E-state index in [0.717, 1.165) is 26.2 Å². The Morgan fingerprint density at radius 2 is 1.42 bits per heavy atom. The van der Waals surface area contributed by atoms with E-state index in [4.69, 9.17) is 5.26 Å². The SMILES string of the molecule is C=C(C#N)CN1CCN(C(c2ccccc2)c2ccccc2)CC1. The lowest BCUT2D eigenvalue weighted by Gasteiger charge is -2.39. The van der Waals surface area contributed by atoms with E-state index in [1.54, 1.807) is 0 Å². The van der Waals surface area contributed by atoms with Gasteiger partial charge in [0.1, 0.15) is 0 Å². The van der Waals surface area contributed by atoms with Crippen LogP contribution in [0, 0.1) is 11.3 Å². The minimum absolute atomic E-state index is 0.286. The zero-order valence-electron chi connectivity index (χ0n) is 13.9. The summed E-state index contributed by atoms with van der Waals surface area (Å²) in [6.45, 7) is 8.41. The average Bonchev–Trinajstić information content (AvgIpc) is 2.65. The van der Waals surface area contributed by atoms with Crippen LogP contribution < -0.4 is 0 Å². The number of nitrogens with zero attached hydrogens (tertiary/aromatic N) is 3. The second-order valence-corrected chi connectivity index (χ2v) is 6.25. The van der Waals surface area contributed by atoms with Crippen LogP contribution in [0.25, 0.3) is 0 Å². The van der Waals surface area contributed by atoms with Crippen LogP contribution in [0.4, 0.5) is 0 Å².